The van der Waals surface area contributed by atoms with Gasteiger partial charge < -0.3 is 15.0 Å². The summed E-state index contributed by atoms with van der Waals surface area (Å²) in [5.74, 6) is 0.880. The maximum absolute atomic E-state index is 5.30. The molecule has 0 aliphatic heterocycles. The summed E-state index contributed by atoms with van der Waals surface area (Å²) in [5.41, 5.74) is 0.966. The van der Waals surface area contributed by atoms with Crippen LogP contribution in [0.15, 0.2) is 12.1 Å². The molecule has 0 unspecified atom stereocenters. The van der Waals surface area contributed by atoms with Crippen LogP contribution < -0.4 is 10.2 Å². The molecule has 0 aromatic carbocycles. The first-order valence-electron chi connectivity index (χ1n) is 6.10. The number of likely N-dealkylation sites (N-methyl/N-ethyl adjacent to an activating group) is 1. The van der Waals surface area contributed by atoms with Crippen molar-refractivity contribution in [3.05, 3.63) is 17.8 Å². The highest BCUT2D eigenvalue weighted by molar-refractivity contribution is 5.35. The number of aromatic nitrogens is 2. The molecule has 0 amide bonds. The van der Waals surface area contributed by atoms with E-state index in [9.17, 15) is 0 Å². The summed E-state index contributed by atoms with van der Waals surface area (Å²) in [6.45, 7) is 8.08. The molecule has 0 saturated heterocycles. The van der Waals surface area contributed by atoms with Crippen molar-refractivity contribution in [3.8, 4) is 0 Å². The fraction of sp³-hybridized carbons (Fsp3) is 0.667. The van der Waals surface area contributed by atoms with Gasteiger partial charge in [-0.05, 0) is 25.6 Å². The van der Waals surface area contributed by atoms with Crippen LogP contribution in [0.2, 0.25) is 0 Å². The van der Waals surface area contributed by atoms with E-state index in [4.69, 9.17) is 4.74 Å². The molecule has 0 spiro atoms. The first kappa shape index (κ1) is 13.9. The smallest absolute Gasteiger partial charge is 0.151 e. The quantitative estimate of drug-likeness (QED) is 0.686. The van der Waals surface area contributed by atoms with Crippen LogP contribution in [-0.2, 0) is 11.3 Å². The first-order chi connectivity index (χ1) is 8.27. The third kappa shape index (κ3) is 5.10. The Morgan fingerprint density at radius 1 is 1.29 bits per heavy atom. The molecule has 17 heavy (non-hydrogen) atoms. The maximum Gasteiger partial charge on any atom is 0.151 e. The fourth-order valence-electron chi connectivity index (χ4n) is 1.36. The molecule has 1 N–H and O–H groups in total. The molecule has 0 aliphatic carbocycles. The van der Waals surface area contributed by atoms with Gasteiger partial charge in [-0.1, -0.05) is 6.92 Å². The Hall–Kier alpha value is -1.20. The number of ether oxygens (including phenoxy) is 1. The molecular formula is C12H22N4O. The number of hydrogen-bond acceptors (Lipinski definition) is 5. The Bertz CT molecular complexity index is 302. The zero-order valence-corrected chi connectivity index (χ0v) is 10.9. The minimum Gasteiger partial charge on any atom is -0.380 e. The number of rotatable bonds is 8. The van der Waals surface area contributed by atoms with E-state index in [0.717, 1.165) is 37.8 Å². The van der Waals surface area contributed by atoms with Gasteiger partial charge in [-0.25, -0.2) is 0 Å². The Labute approximate surface area is 103 Å². The summed E-state index contributed by atoms with van der Waals surface area (Å²) in [6.07, 6.45) is 0. The van der Waals surface area contributed by atoms with E-state index in [1.54, 1.807) is 0 Å². The van der Waals surface area contributed by atoms with Crippen LogP contribution in [0.3, 0.4) is 0 Å². The molecule has 0 bridgehead atoms. The number of nitrogens with zero attached hydrogens (tertiary/aromatic N) is 3. The summed E-state index contributed by atoms with van der Waals surface area (Å²) >= 11 is 0. The van der Waals surface area contributed by atoms with Crippen LogP contribution in [0.4, 0.5) is 5.82 Å². The Kier molecular flexibility index (Phi) is 6.50. The summed E-state index contributed by atoms with van der Waals surface area (Å²) in [5, 5.41) is 11.6. The fourth-order valence-corrected chi connectivity index (χ4v) is 1.36. The van der Waals surface area contributed by atoms with Crippen molar-refractivity contribution in [2.75, 3.05) is 38.3 Å². The zero-order valence-electron chi connectivity index (χ0n) is 10.9. The van der Waals surface area contributed by atoms with Crippen molar-refractivity contribution in [2.24, 2.45) is 0 Å². The molecule has 1 aromatic rings. The van der Waals surface area contributed by atoms with Crippen molar-refractivity contribution >= 4 is 5.82 Å². The third-order valence-corrected chi connectivity index (χ3v) is 2.43. The topological polar surface area (TPSA) is 50.3 Å². The lowest BCUT2D eigenvalue weighted by molar-refractivity contribution is 0.154. The average Bonchev–Trinajstić information content (AvgIpc) is 2.37. The summed E-state index contributed by atoms with van der Waals surface area (Å²) in [7, 11) is 1.99. The van der Waals surface area contributed by atoms with Gasteiger partial charge in [0.05, 0.1) is 12.3 Å². The lowest BCUT2D eigenvalue weighted by Crippen LogP contribution is -2.24. The van der Waals surface area contributed by atoms with Gasteiger partial charge in [0.2, 0.25) is 0 Å². The molecule has 0 fully saturated rings. The minimum atomic E-state index is 0.716. The van der Waals surface area contributed by atoms with Gasteiger partial charge in [0.25, 0.3) is 0 Å². The van der Waals surface area contributed by atoms with Crippen molar-refractivity contribution in [2.45, 2.75) is 20.4 Å². The van der Waals surface area contributed by atoms with Crippen LogP contribution in [0.1, 0.15) is 19.5 Å². The minimum absolute atomic E-state index is 0.716. The van der Waals surface area contributed by atoms with E-state index in [2.05, 4.69) is 22.4 Å². The molecule has 5 heteroatoms. The van der Waals surface area contributed by atoms with E-state index in [0.29, 0.717) is 6.61 Å². The van der Waals surface area contributed by atoms with Crippen molar-refractivity contribution in [1.29, 1.82) is 0 Å². The summed E-state index contributed by atoms with van der Waals surface area (Å²) in [4.78, 5) is 2.04. The monoisotopic (exact) mass is 238 g/mol. The third-order valence-electron chi connectivity index (χ3n) is 2.43. The number of anilines is 1. The normalized spacial score (nSPS) is 10.5. The Balaban J connectivity index is 2.43. The lowest BCUT2D eigenvalue weighted by atomic mass is 10.3. The van der Waals surface area contributed by atoms with Gasteiger partial charge in [0, 0.05) is 26.7 Å². The molecular weight excluding hydrogens is 216 g/mol. The summed E-state index contributed by atoms with van der Waals surface area (Å²) in [6, 6.07) is 3.99. The highest BCUT2D eigenvalue weighted by Gasteiger charge is 2.03. The van der Waals surface area contributed by atoms with Crippen LogP contribution in [0, 0.1) is 0 Å². The SMILES string of the molecule is CCNCc1ccc(N(C)CCOCC)nn1. The molecule has 96 valence electrons. The Morgan fingerprint density at radius 3 is 2.71 bits per heavy atom. The predicted octanol–water partition coefficient (Wildman–Crippen LogP) is 1.06. The van der Waals surface area contributed by atoms with Crippen molar-refractivity contribution in [1.82, 2.24) is 15.5 Å². The number of nitrogens with one attached hydrogen (secondary N) is 1. The van der Waals surface area contributed by atoms with E-state index in [1.165, 1.54) is 0 Å². The van der Waals surface area contributed by atoms with Gasteiger partial charge in [-0.15, -0.1) is 5.10 Å². The van der Waals surface area contributed by atoms with E-state index in [-0.39, 0.29) is 0 Å². The zero-order chi connectivity index (χ0) is 12.5. The van der Waals surface area contributed by atoms with Crippen LogP contribution in [0.5, 0.6) is 0 Å². The molecule has 0 radical (unpaired) electrons. The standard InChI is InChI=1S/C12H22N4O/c1-4-13-10-11-6-7-12(15-14-11)16(3)8-9-17-5-2/h6-7,13H,4-5,8-10H2,1-3H3. The van der Waals surface area contributed by atoms with Crippen LogP contribution in [-0.4, -0.2) is 43.5 Å². The van der Waals surface area contributed by atoms with Crippen molar-refractivity contribution < 1.29 is 4.74 Å². The molecule has 1 heterocycles. The molecule has 0 saturated carbocycles. The van der Waals surface area contributed by atoms with Gasteiger partial charge >= 0.3 is 0 Å². The first-order valence-corrected chi connectivity index (χ1v) is 6.10. The predicted molar refractivity (Wildman–Crippen MR) is 69.2 cm³/mol. The highest BCUT2D eigenvalue weighted by Crippen LogP contribution is 2.06. The summed E-state index contributed by atoms with van der Waals surface area (Å²) < 4.78 is 5.30. The van der Waals surface area contributed by atoms with Gasteiger partial charge in [0.15, 0.2) is 5.82 Å². The largest absolute Gasteiger partial charge is 0.380 e. The Morgan fingerprint density at radius 2 is 2.12 bits per heavy atom. The molecule has 1 rings (SSSR count). The number of hydrogen-bond donors (Lipinski definition) is 1. The van der Waals surface area contributed by atoms with Gasteiger partial charge in [-0.3, -0.25) is 0 Å². The van der Waals surface area contributed by atoms with Gasteiger partial charge in [-0.2, -0.15) is 5.10 Å². The van der Waals surface area contributed by atoms with Crippen molar-refractivity contribution in [3.63, 3.8) is 0 Å². The molecule has 0 atom stereocenters. The average molecular weight is 238 g/mol. The second-order valence-corrected chi connectivity index (χ2v) is 3.78. The van der Waals surface area contributed by atoms with E-state index >= 15 is 0 Å². The van der Waals surface area contributed by atoms with E-state index < -0.39 is 0 Å². The van der Waals surface area contributed by atoms with Crippen LogP contribution in [0.25, 0.3) is 0 Å². The maximum atomic E-state index is 5.30. The highest BCUT2D eigenvalue weighted by atomic mass is 16.5. The molecule has 1 aromatic heterocycles. The van der Waals surface area contributed by atoms with E-state index in [1.807, 2.05) is 31.0 Å². The second kappa shape index (κ2) is 7.97. The molecule has 0 aliphatic rings. The molecule has 5 nitrogen and oxygen atoms in total. The lowest BCUT2D eigenvalue weighted by Gasteiger charge is -2.17. The second-order valence-electron chi connectivity index (χ2n) is 3.78. The van der Waals surface area contributed by atoms with Gasteiger partial charge in [0.1, 0.15) is 0 Å². The van der Waals surface area contributed by atoms with Crippen LogP contribution >= 0.6 is 0 Å².